The van der Waals surface area contributed by atoms with Gasteiger partial charge in [-0.15, -0.1) is 0 Å². The van der Waals surface area contributed by atoms with Crippen molar-refractivity contribution in [1.82, 2.24) is 4.98 Å². The molecule has 0 radical (unpaired) electrons. The number of carbonyl (C=O) groups is 1. The third-order valence-electron chi connectivity index (χ3n) is 3.38. The van der Waals surface area contributed by atoms with E-state index < -0.39 is 0 Å². The highest BCUT2D eigenvalue weighted by Gasteiger charge is 2.21. The minimum Gasteiger partial charge on any atom is -0.492 e. The second-order valence-corrected chi connectivity index (χ2v) is 5.23. The van der Waals surface area contributed by atoms with Crippen molar-refractivity contribution >= 4 is 17.3 Å². The van der Waals surface area contributed by atoms with Gasteiger partial charge in [0, 0.05) is 6.04 Å². The summed E-state index contributed by atoms with van der Waals surface area (Å²) in [6, 6.07) is 11.5. The summed E-state index contributed by atoms with van der Waals surface area (Å²) in [6.45, 7) is 2.46. The molecule has 1 saturated carbocycles. The van der Waals surface area contributed by atoms with Gasteiger partial charge in [-0.3, -0.25) is 4.79 Å². The van der Waals surface area contributed by atoms with Crippen molar-refractivity contribution in [1.29, 1.82) is 0 Å². The first-order valence-corrected chi connectivity index (χ1v) is 7.52. The summed E-state index contributed by atoms with van der Waals surface area (Å²) in [5.41, 5.74) is 1.98. The van der Waals surface area contributed by atoms with Crippen molar-refractivity contribution in [3.63, 3.8) is 0 Å². The van der Waals surface area contributed by atoms with Crippen molar-refractivity contribution < 1.29 is 9.53 Å². The van der Waals surface area contributed by atoms with Crippen LogP contribution in [-0.2, 0) is 0 Å². The molecule has 2 aromatic rings. The monoisotopic (exact) mass is 297 g/mol. The van der Waals surface area contributed by atoms with E-state index in [2.05, 4.69) is 15.6 Å². The fourth-order valence-electron chi connectivity index (χ4n) is 2.11. The number of nitrogens with zero attached hydrogens (tertiary/aromatic N) is 1. The molecule has 1 heterocycles. The van der Waals surface area contributed by atoms with Crippen LogP contribution >= 0.6 is 0 Å². The first-order valence-electron chi connectivity index (χ1n) is 7.52. The molecule has 1 amide bonds. The van der Waals surface area contributed by atoms with Gasteiger partial charge in [0.05, 0.1) is 24.2 Å². The lowest BCUT2D eigenvalue weighted by Crippen LogP contribution is -2.14. The van der Waals surface area contributed by atoms with Gasteiger partial charge in [-0.05, 0) is 44.0 Å². The van der Waals surface area contributed by atoms with E-state index in [-0.39, 0.29) is 5.91 Å². The molecule has 1 aliphatic carbocycles. The van der Waals surface area contributed by atoms with E-state index in [1.165, 1.54) is 12.8 Å². The van der Waals surface area contributed by atoms with Gasteiger partial charge in [0.25, 0.3) is 5.91 Å². The van der Waals surface area contributed by atoms with Crippen LogP contribution in [0.3, 0.4) is 0 Å². The fourth-order valence-corrected chi connectivity index (χ4v) is 2.11. The molecule has 1 aromatic carbocycles. The molecule has 0 aliphatic heterocycles. The average Bonchev–Trinajstić information content (AvgIpc) is 3.34. The number of rotatable bonds is 6. The van der Waals surface area contributed by atoms with Gasteiger partial charge in [-0.2, -0.15) is 0 Å². The summed E-state index contributed by atoms with van der Waals surface area (Å²) in [5.74, 6) is 0.412. The van der Waals surface area contributed by atoms with Crippen LogP contribution in [0.15, 0.2) is 42.6 Å². The number of para-hydroxylation sites is 2. The summed E-state index contributed by atoms with van der Waals surface area (Å²) < 4.78 is 5.50. The van der Waals surface area contributed by atoms with Crippen LogP contribution in [0, 0.1) is 0 Å². The van der Waals surface area contributed by atoms with Gasteiger partial charge < -0.3 is 15.4 Å². The molecule has 3 rings (SSSR count). The van der Waals surface area contributed by atoms with Crippen molar-refractivity contribution in [3.8, 4) is 5.75 Å². The SMILES string of the molecule is CCOc1ccccc1NC(=O)c1ccc(NC2CC2)cn1. The molecule has 0 unspecified atom stereocenters. The molecular weight excluding hydrogens is 278 g/mol. The quantitative estimate of drug-likeness (QED) is 0.858. The van der Waals surface area contributed by atoms with Crippen LogP contribution in [0.4, 0.5) is 11.4 Å². The normalized spacial score (nSPS) is 13.5. The molecule has 0 atom stereocenters. The first kappa shape index (κ1) is 14.4. The molecule has 0 bridgehead atoms. The second-order valence-electron chi connectivity index (χ2n) is 5.23. The Morgan fingerprint density at radius 2 is 2.09 bits per heavy atom. The second kappa shape index (κ2) is 6.47. The zero-order valence-electron chi connectivity index (χ0n) is 12.5. The largest absolute Gasteiger partial charge is 0.492 e. The fraction of sp³-hybridized carbons (Fsp3) is 0.294. The van der Waals surface area contributed by atoms with Crippen LogP contribution in [0.1, 0.15) is 30.3 Å². The first-order chi connectivity index (χ1) is 10.8. The topological polar surface area (TPSA) is 63.2 Å². The molecule has 5 heteroatoms. The van der Waals surface area contributed by atoms with E-state index in [4.69, 9.17) is 4.74 Å². The number of aromatic nitrogens is 1. The molecule has 1 fully saturated rings. The Hall–Kier alpha value is -2.56. The van der Waals surface area contributed by atoms with Gasteiger partial charge in [0.15, 0.2) is 0 Å². The molecule has 114 valence electrons. The Kier molecular flexibility index (Phi) is 4.23. The predicted molar refractivity (Wildman–Crippen MR) is 86.4 cm³/mol. The number of amides is 1. The van der Waals surface area contributed by atoms with Crippen LogP contribution in [0.2, 0.25) is 0 Å². The molecule has 0 spiro atoms. The van der Waals surface area contributed by atoms with Crippen LogP contribution in [-0.4, -0.2) is 23.5 Å². The average molecular weight is 297 g/mol. The lowest BCUT2D eigenvalue weighted by Gasteiger charge is -2.11. The Labute approximate surface area is 129 Å². The molecule has 1 aliphatic rings. The smallest absolute Gasteiger partial charge is 0.274 e. The van der Waals surface area contributed by atoms with E-state index in [0.29, 0.717) is 29.8 Å². The van der Waals surface area contributed by atoms with E-state index >= 15 is 0 Å². The number of pyridine rings is 1. The Bertz CT molecular complexity index is 651. The zero-order chi connectivity index (χ0) is 15.4. The van der Waals surface area contributed by atoms with Crippen LogP contribution < -0.4 is 15.4 Å². The van der Waals surface area contributed by atoms with Crippen molar-refractivity contribution in [3.05, 3.63) is 48.3 Å². The minimum absolute atomic E-state index is 0.245. The Balaban J connectivity index is 1.68. The van der Waals surface area contributed by atoms with Gasteiger partial charge >= 0.3 is 0 Å². The Morgan fingerprint density at radius 1 is 1.27 bits per heavy atom. The zero-order valence-corrected chi connectivity index (χ0v) is 12.5. The Morgan fingerprint density at radius 3 is 2.77 bits per heavy atom. The number of benzene rings is 1. The molecule has 0 saturated heterocycles. The summed E-state index contributed by atoms with van der Waals surface area (Å²) in [7, 11) is 0. The number of ether oxygens (including phenoxy) is 1. The van der Waals surface area contributed by atoms with E-state index in [0.717, 1.165) is 5.69 Å². The van der Waals surface area contributed by atoms with Crippen molar-refractivity contribution in [2.75, 3.05) is 17.2 Å². The lowest BCUT2D eigenvalue weighted by molar-refractivity contribution is 0.102. The predicted octanol–water partition coefficient (Wildman–Crippen LogP) is 3.31. The number of nitrogens with one attached hydrogen (secondary N) is 2. The number of hydrogen-bond acceptors (Lipinski definition) is 4. The molecular formula is C17H19N3O2. The van der Waals surface area contributed by atoms with E-state index in [9.17, 15) is 4.79 Å². The maximum absolute atomic E-state index is 12.3. The minimum atomic E-state index is -0.245. The third-order valence-corrected chi connectivity index (χ3v) is 3.38. The summed E-state index contributed by atoms with van der Waals surface area (Å²) in [4.78, 5) is 16.5. The van der Waals surface area contributed by atoms with Crippen molar-refractivity contribution in [2.45, 2.75) is 25.8 Å². The van der Waals surface area contributed by atoms with Gasteiger partial charge in [-0.25, -0.2) is 4.98 Å². The number of carbonyl (C=O) groups excluding carboxylic acids is 1. The van der Waals surface area contributed by atoms with Crippen LogP contribution in [0.5, 0.6) is 5.75 Å². The van der Waals surface area contributed by atoms with Crippen molar-refractivity contribution in [2.24, 2.45) is 0 Å². The maximum atomic E-state index is 12.3. The maximum Gasteiger partial charge on any atom is 0.274 e. The molecule has 22 heavy (non-hydrogen) atoms. The lowest BCUT2D eigenvalue weighted by atomic mass is 10.2. The summed E-state index contributed by atoms with van der Waals surface area (Å²) >= 11 is 0. The highest BCUT2D eigenvalue weighted by atomic mass is 16.5. The molecule has 2 N–H and O–H groups in total. The van der Waals surface area contributed by atoms with Gasteiger partial charge in [0.1, 0.15) is 11.4 Å². The summed E-state index contributed by atoms with van der Waals surface area (Å²) in [5, 5.41) is 6.18. The molecule has 5 nitrogen and oxygen atoms in total. The standard InChI is InChI=1S/C17H19N3O2/c1-2-22-16-6-4-3-5-14(16)20-17(21)15-10-9-13(11-18-15)19-12-7-8-12/h3-6,9-12,19H,2,7-8H2,1H3,(H,20,21). The molecule has 1 aromatic heterocycles. The van der Waals surface area contributed by atoms with Gasteiger partial charge in [-0.1, -0.05) is 12.1 Å². The van der Waals surface area contributed by atoms with E-state index in [1.807, 2.05) is 37.3 Å². The van der Waals surface area contributed by atoms with E-state index in [1.54, 1.807) is 12.3 Å². The number of hydrogen-bond donors (Lipinski definition) is 2. The van der Waals surface area contributed by atoms with Gasteiger partial charge in [0.2, 0.25) is 0 Å². The number of anilines is 2. The highest BCUT2D eigenvalue weighted by molar-refractivity contribution is 6.03. The summed E-state index contributed by atoms with van der Waals surface area (Å²) in [6.07, 6.45) is 4.11. The van der Waals surface area contributed by atoms with Crippen LogP contribution in [0.25, 0.3) is 0 Å². The highest BCUT2D eigenvalue weighted by Crippen LogP contribution is 2.25. The third kappa shape index (κ3) is 3.55.